The number of carbonyl (C=O) groups is 3. The Balaban J connectivity index is 2.19. The van der Waals surface area contributed by atoms with Gasteiger partial charge < -0.3 is 10.8 Å². The molecule has 0 saturated carbocycles. The summed E-state index contributed by atoms with van der Waals surface area (Å²) >= 11 is 0. The summed E-state index contributed by atoms with van der Waals surface area (Å²) in [5.74, 6) is -2.70. The van der Waals surface area contributed by atoms with Crippen LogP contribution >= 0.6 is 0 Å². The molecular weight excluding hydrogens is 404 g/mol. The van der Waals surface area contributed by atoms with E-state index in [0.29, 0.717) is 6.42 Å². The van der Waals surface area contributed by atoms with Crippen LogP contribution in [0.1, 0.15) is 96.8 Å². The predicted octanol–water partition coefficient (Wildman–Crippen LogP) is 5.77. The van der Waals surface area contributed by atoms with E-state index in [0.717, 1.165) is 37.0 Å². The molecule has 32 heavy (non-hydrogen) atoms. The maximum atomic E-state index is 12.5. The number of nitrogens with two attached hydrogens (primary N) is 1. The van der Waals surface area contributed by atoms with Crippen molar-refractivity contribution in [2.24, 2.45) is 5.73 Å². The van der Waals surface area contributed by atoms with E-state index in [1.54, 1.807) is 0 Å². The smallest absolute Gasteiger partial charge is 0.322 e. The lowest BCUT2D eigenvalue weighted by Gasteiger charge is -2.19. The van der Waals surface area contributed by atoms with Gasteiger partial charge in [0.1, 0.15) is 5.75 Å². The number of unbranched alkanes of at least 4 members (excludes halogenated alkanes) is 11. The Morgan fingerprint density at radius 1 is 0.812 bits per heavy atom. The Kier molecular flexibility index (Phi) is 14.5. The summed E-state index contributed by atoms with van der Waals surface area (Å²) in [5, 5.41) is 9.39. The van der Waals surface area contributed by atoms with Gasteiger partial charge in [0.25, 0.3) is 0 Å². The zero-order valence-electron chi connectivity index (χ0n) is 19.6. The minimum absolute atomic E-state index is 0.00456. The third kappa shape index (κ3) is 11.7. The molecule has 6 nitrogen and oxygen atoms in total. The lowest BCUT2D eigenvalue weighted by atomic mass is 10.1. The van der Waals surface area contributed by atoms with Crippen molar-refractivity contribution in [3.8, 4) is 5.75 Å². The first-order chi connectivity index (χ1) is 15.5. The lowest BCUT2D eigenvalue weighted by Crippen LogP contribution is -2.44. The number of allylic oxidation sites excluding steroid dienone is 2. The highest BCUT2D eigenvalue weighted by atomic mass is 16.3. The maximum absolute atomic E-state index is 12.5. The van der Waals surface area contributed by atoms with Crippen molar-refractivity contribution >= 4 is 23.4 Å². The second-order valence-electron chi connectivity index (χ2n) is 8.25. The molecule has 3 N–H and O–H groups in total. The number of nitrogens with zero attached hydrogens (tertiary/aromatic N) is 1. The summed E-state index contributed by atoms with van der Waals surface area (Å²) in [4.78, 5) is 36.8. The Morgan fingerprint density at radius 3 is 1.84 bits per heavy atom. The van der Waals surface area contributed by atoms with Crippen LogP contribution in [0.4, 0.5) is 5.69 Å². The number of rotatable bonds is 16. The molecule has 1 aromatic carbocycles. The molecule has 0 aliphatic rings. The average molecular weight is 445 g/mol. The molecule has 0 aliphatic heterocycles. The number of phenols is 1. The molecule has 0 aliphatic carbocycles. The number of imide groups is 1. The van der Waals surface area contributed by atoms with Gasteiger partial charge in [-0.05, 0) is 56.4 Å². The Hall–Kier alpha value is -2.63. The number of primary amides is 1. The molecule has 0 bridgehead atoms. The molecule has 3 amide bonds. The standard InChI is InChI=1S/C26H40N2O4/c1-2-3-4-5-6-7-8-9-10-11-12-13-14-15-16-17-24(30)28(26(32)25(27)31)22-18-20-23(29)21-19-22/h9-10,18-21,29H,2-8,11-17H2,1H3,(H2,27,31). The van der Waals surface area contributed by atoms with E-state index in [1.165, 1.54) is 69.2 Å². The van der Waals surface area contributed by atoms with Crippen LogP contribution in [0.15, 0.2) is 36.4 Å². The predicted molar refractivity (Wildman–Crippen MR) is 129 cm³/mol. The number of benzene rings is 1. The molecule has 1 rings (SSSR count). The summed E-state index contributed by atoms with van der Waals surface area (Å²) < 4.78 is 0. The van der Waals surface area contributed by atoms with E-state index >= 15 is 0 Å². The van der Waals surface area contributed by atoms with Crippen LogP contribution in [0.2, 0.25) is 0 Å². The Morgan fingerprint density at radius 2 is 1.31 bits per heavy atom. The normalized spacial score (nSPS) is 11.0. The van der Waals surface area contributed by atoms with Crippen molar-refractivity contribution in [2.75, 3.05) is 4.90 Å². The van der Waals surface area contributed by atoms with Crippen LogP contribution in [0.25, 0.3) is 0 Å². The zero-order chi connectivity index (χ0) is 23.6. The van der Waals surface area contributed by atoms with Gasteiger partial charge in [-0.3, -0.25) is 14.4 Å². The largest absolute Gasteiger partial charge is 0.508 e. The molecule has 0 aromatic heterocycles. The van der Waals surface area contributed by atoms with Gasteiger partial charge in [-0.25, -0.2) is 4.90 Å². The summed E-state index contributed by atoms with van der Waals surface area (Å²) in [5.41, 5.74) is 5.32. The van der Waals surface area contributed by atoms with Gasteiger partial charge >= 0.3 is 11.8 Å². The fraction of sp³-hybridized carbons (Fsp3) is 0.577. The Bertz CT molecular complexity index is 713. The summed E-state index contributed by atoms with van der Waals surface area (Å²) in [7, 11) is 0. The molecular formula is C26H40N2O4. The molecule has 6 heteroatoms. The van der Waals surface area contributed by atoms with Crippen LogP contribution in [0, 0.1) is 0 Å². The number of phenolic OH excluding ortho intramolecular Hbond substituents is 1. The molecule has 0 unspecified atom stereocenters. The van der Waals surface area contributed by atoms with Crippen molar-refractivity contribution in [2.45, 2.75) is 96.8 Å². The number of carbonyl (C=O) groups excluding carboxylic acids is 3. The monoisotopic (exact) mass is 444 g/mol. The van der Waals surface area contributed by atoms with Gasteiger partial charge in [-0.2, -0.15) is 0 Å². The highest BCUT2D eigenvalue weighted by molar-refractivity contribution is 6.44. The van der Waals surface area contributed by atoms with E-state index in [2.05, 4.69) is 19.1 Å². The quantitative estimate of drug-likeness (QED) is 0.192. The van der Waals surface area contributed by atoms with Crippen molar-refractivity contribution in [1.29, 1.82) is 0 Å². The van der Waals surface area contributed by atoms with Gasteiger partial charge in [0.05, 0.1) is 5.69 Å². The van der Waals surface area contributed by atoms with Crippen molar-refractivity contribution in [3.63, 3.8) is 0 Å². The van der Waals surface area contributed by atoms with Crippen LogP contribution in [0.5, 0.6) is 5.75 Å². The average Bonchev–Trinajstić information content (AvgIpc) is 2.77. The van der Waals surface area contributed by atoms with Gasteiger partial charge in [0.15, 0.2) is 0 Å². The van der Waals surface area contributed by atoms with E-state index in [4.69, 9.17) is 5.73 Å². The van der Waals surface area contributed by atoms with Crippen LogP contribution in [0.3, 0.4) is 0 Å². The van der Waals surface area contributed by atoms with E-state index < -0.39 is 17.7 Å². The summed E-state index contributed by atoms with van der Waals surface area (Å²) in [6, 6.07) is 5.53. The fourth-order valence-electron chi connectivity index (χ4n) is 3.55. The zero-order valence-corrected chi connectivity index (χ0v) is 19.6. The van der Waals surface area contributed by atoms with Gasteiger partial charge in [0.2, 0.25) is 5.91 Å². The number of amides is 3. The molecule has 178 valence electrons. The van der Waals surface area contributed by atoms with Crippen LogP contribution < -0.4 is 10.6 Å². The van der Waals surface area contributed by atoms with Crippen molar-refractivity contribution < 1.29 is 19.5 Å². The number of hydrogen-bond acceptors (Lipinski definition) is 4. The Labute approximate surface area is 192 Å². The number of aromatic hydroxyl groups is 1. The van der Waals surface area contributed by atoms with Gasteiger partial charge in [-0.1, -0.05) is 70.4 Å². The number of hydrogen-bond donors (Lipinski definition) is 2. The summed E-state index contributed by atoms with van der Waals surface area (Å²) in [6.45, 7) is 2.24. The van der Waals surface area contributed by atoms with Crippen LogP contribution in [-0.4, -0.2) is 22.8 Å². The van der Waals surface area contributed by atoms with Gasteiger partial charge in [-0.15, -0.1) is 0 Å². The second kappa shape index (κ2) is 17.0. The molecule has 0 spiro atoms. The molecule has 0 heterocycles. The highest BCUT2D eigenvalue weighted by Gasteiger charge is 2.26. The minimum atomic E-state index is -1.18. The third-order valence-electron chi connectivity index (χ3n) is 5.42. The summed E-state index contributed by atoms with van der Waals surface area (Å²) in [6.07, 6.45) is 19.8. The maximum Gasteiger partial charge on any atom is 0.322 e. The SMILES string of the molecule is CCCCCCCCC=CCCCCCCCC(=O)N(C(=O)C(N)=O)c1ccc(O)cc1. The fourth-order valence-corrected chi connectivity index (χ4v) is 3.55. The first-order valence-corrected chi connectivity index (χ1v) is 12.1. The van der Waals surface area contributed by atoms with Crippen molar-refractivity contribution in [1.82, 2.24) is 0 Å². The molecule has 0 saturated heterocycles. The first kappa shape index (κ1) is 27.4. The van der Waals surface area contributed by atoms with E-state index in [1.807, 2.05) is 0 Å². The van der Waals surface area contributed by atoms with E-state index in [9.17, 15) is 19.5 Å². The molecule has 0 fully saturated rings. The van der Waals surface area contributed by atoms with Gasteiger partial charge in [0, 0.05) is 6.42 Å². The number of anilines is 1. The van der Waals surface area contributed by atoms with E-state index in [-0.39, 0.29) is 17.9 Å². The highest BCUT2D eigenvalue weighted by Crippen LogP contribution is 2.20. The first-order valence-electron chi connectivity index (χ1n) is 12.1. The second-order valence-corrected chi connectivity index (χ2v) is 8.25. The molecule has 0 atom stereocenters. The molecule has 1 aromatic rings. The molecule has 0 radical (unpaired) electrons. The minimum Gasteiger partial charge on any atom is -0.508 e. The third-order valence-corrected chi connectivity index (χ3v) is 5.42. The van der Waals surface area contributed by atoms with Crippen molar-refractivity contribution in [3.05, 3.63) is 36.4 Å². The van der Waals surface area contributed by atoms with Crippen LogP contribution in [-0.2, 0) is 14.4 Å². The topological polar surface area (TPSA) is 101 Å². The lowest BCUT2D eigenvalue weighted by molar-refractivity contribution is -0.138.